The number of hydrogen-bond acceptors (Lipinski definition) is 3. The summed E-state index contributed by atoms with van der Waals surface area (Å²) in [5, 5.41) is 3.14. The second-order valence-electron chi connectivity index (χ2n) is 3.80. The molecule has 1 unspecified atom stereocenters. The van der Waals surface area contributed by atoms with E-state index < -0.39 is 16.0 Å². The summed E-state index contributed by atoms with van der Waals surface area (Å²) >= 11 is 0. The Morgan fingerprint density at radius 1 is 1.31 bits per heavy atom. The van der Waals surface area contributed by atoms with Gasteiger partial charge in [-0.25, -0.2) is 0 Å². The normalized spacial score (nSPS) is 13.6. The third kappa shape index (κ3) is 5.82. The Bertz CT molecular complexity index is 405. The number of nitrogens with one attached hydrogen (secondary N) is 1. The van der Waals surface area contributed by atoms with E-state index in [1.54, 1.807) is 0 Å². The van der Waals surface area contributed by atoms with E-state index in [1.165, 1.54) is 0 Å². The van der Waals surface area contributed by atoms with Crippen LogP contribution in [0.1, 0.15) is 18.9 Å². The minimum atomic E-state index is -4.34. The molecule has 1 aromatic carbocycles. The first kappa shape index (κ1) is 13.1. The smallest absolute Gasteiger partial charge is 0.302 e. The van der Waals surface area contributed by atoms with Crippen molar-refractivity contribution < 1.29 is 12.3 Å². The van der Waals surface area contributed by atoms with Crippen molar-refractivity contribution in [3.05, 3.63) is 35.9 Å². The van der Waals surface area contributed by atoms with Gasteiger partial charge in [0, 0.05) is 12.6 Å². The van der Waals surface area contributed by atoms with Crippen molar-refractivity contribution in [2.45, 2.75) is 25.9 Å². The lowest BCUT2D eigenvalue weighted by molar-refractivity contribution is 0.512. The molecule has 3 nitrogen and oxygen atoms in total. The van der Waals surface area contributed by atoms with Gasteiger partial charge in [-0.3, -0.25) is 0 Å². The van der Waals surface area contributed by atoms with Crippen LogP contribution in [0.3, 0.4) is 0 Å². The van der Waals surface area contributed by atoms with Crippen molar-refractivity contribution in [1.29, 1.82) is 0 Å². The van der Waals surface area contributed by atoms with E-state index in [0.29, 0.717) is 6.54 Å². The molecule has 0 heterocycles. The first-order valence-corrected chi connectivity index (χ1v) is 6.72. The van der Waals surface area contributed by atoms with Crippen molar-refractivity contribution in [2.75, 3.05) is 5.75 Å². The average Bonchev–Trinajstić information content (AvgIpc) is 2.24. The van der Waals surface area contributed by atoms with Gasteiger partial charge in [0.15, 0.2) is 0 Å². The van der Waals surface area contributed by atoms with Crippen molar-refractivity contribution >= 4 is 10.2 Å². The molecular weight excluding hydrogens is 229 g/mol. The molecule has 1 atom stereocenters. The summed E-state index contributed by atoms with van der Waals surface area (Å²) in [5.74, 6) is -0.421. The van der Waals surface area contributed by atoms with Gasteiger partial charge < -0.3 is 5.32 Å². The Morgan fingerprint density at radius 2 is 1.94 bits per heavy atom. The number of benzene rings is 1. The van der Waals surface area contributed by atoms with Crippen LogP contribution in [0.5, 0.6) is 0 Å². The lowest BCUT2D eigenvalue weighted by atomic mass is 10.2. The summed E-state index contributed by atoms with van der Waals surface area (Å²) in [6.45, 7) is 2.50. The maximum absolute atomic E-state index is 12.3. The quantitative estimate of drug-likeness (QED) is 0.778. The van der Waals surface area contributed by atoms with E-state index in [2.05, 4.69) is 5.32 Å². The molecule has 0 amide bonds. The van der Waals surface area contributed by atoms with Crippen LogP contribution in [-0.4, -0.2) is 20.2 Å². The Labute approximate surface area is 95.9 Å². The highest BCUT2D eigenvalue weighted by atomic mass is 32.3. The molecule has 0 saturated heterocycles. The van der Waals surface area contributed by atoms with Crippen LogP contribution in [0.15, 0.2) is 30.3 Å². The fourth-order valence-electron chi connectivity index (χ4n) is 1.31. The Morgan fingerprint density at radius 3 is 2.50 bits per heavy atom. The molecular formula is C11H16FNO2S. The van der Waals surface area contributed by atoms with E-state index >= 15 is 0 Å². The third-order valence-electron chi connectivity index (χ3n) is 2.29. The van der Waals surface area contributed by atoms with Crippen LogP contribution >= 0.6 is 0 Å². The minimum Gasteiger partial charge on any atom is -0.310 e. The molecule has 1 N–H and O–H groups in total. The highest BCUT2D eigenvalue weighted by Gasteiger charge is 2.10. The molecule has 1 rings (SSSR count). The van der Waals surface area contributed by atoms with Crippen molar-refractivity contribution in [1.82, 2.24) is 5.32 Å². The fraction of sp³-hybridized carbons (Fsp3) is 0.455. The predicted molar refractivity (Wildman–Crippen MR) is 62.3 cm³/mol. The van der Waals surface area contributed by atoms with Crippen molar-refractivity contribution in [3.8, 4) is 0 Å². The molecule has 0 radical (unpaired) electrons. The van der Waals surface area contributed by atoms with Gasteiger partial charge in [0.1, 0.15) is 0 Å². The van der Waals surface area contributed by atoms with E-state index in [9.17, 15) is 12.3 Å². The molecule has 0 fully saturated rings. The summed E-state index contributed by atoms with van der Waals surface area (Å²) in [5.41, 5.74) is 1.12. The minimum absolute atomic E-state index is 0.0225. The van der Waals surface area contributed by atoms with E-state index in [0.717, 1.165) is 5.56 Å². The van der Waals surface area contributed by atoms with Crippen LogP contribution in [0.4, 0.5) is 3.89 Å². The molecule has 5 heteroatoms. The number of rotatable bonds is 6. The summed E-state index contributed by atoms with van der Waals surface area (Å²) < 4.78 is 32.9. The first-order valence-electron chi connectivity index (χ1n) is 5.17. The van der Waals surface area contributed by atoms with Crippen molar-refractivity contribution in [3.63, 3.8) is 0 Å². The Kier molecular flexibility index (Phi) is 4.89. The molecule has 0 saturated carbocycles. The van der Waals surface area contributed by atoms with Crippen molar-refractivity contribution in [2.24, 2.45) is 0 Å². The van der Waals surface area contributed by atoms with Crippen LogP contribution < -0.4 is 5.32 Å². The van der Waals surface area contributed by atoms with E-state index in [4.69, 9.17) is 0 Å². The zero-order valence-corrected chi connectivity index (χ0v) is 10.0. The van der Waals surface area contributed by atoms with Gasteiger partial charge >= 0.3 is 10.2 Å². The molecule has 0 spiro atoms. The standard InChI is InChI=1S/C11H16FNO2S/c1-10(7-8-16(12,14)15)13-9-11-5-3-2-4-6-11/h2-6,10,13H,7-9H2,1H3. The summed E-state index contributed by atoms with van der Waals surface area (Å²) in [4.78, 5) is 0. The van der Waals surface area contributed by atoms with E-state index in [1.807, 2.05) is 37.3 Å². The highest BCUT2D eigenvalue weighted by Crippen LogP contribution is 2.02. The predicted octanol–water partition coefficient (Wildman–Crippen LogP) is 1.85. The van der Waals surface area contributed by atoms with Crippen LogP contribution in [0, 0.1) is 0 Å². The fourth-order valence-corrected chi connectivity index (χ4v) is 1.94. The van der Waals surface area contributed by atoms with Gasteiger partial charge in [-0.2, -0.15) is 8.42 Å². The highest BCUT2D eigenvalue weighted by molar-refractivity contribution is 7.86. The Balaban J connectivity index is 2.28. The molecule has 1 aromatic rings. The maximum atomic E-state index is 12.3. The molecule has 16 heavy (non-hydrogen) atoms. The zero-order valence-electron chi connectivity index (χ0n) is 9.19. The van der Waals surface area contributed by atoms with Gasteiger partial charge in [0.25, 0.3) is 0 Å². The van der Waals surface area contributed by atoms with Crippen LogP contribution in [-0.2, 0) is 16.8 Å². The number of halogens is 1. The second kappa shape index (κ2) is 5.96. The molecule has 90 valence electrons. The van der Waals surface area contributed by atoms with E-state index in [-0.39, 0.29) is 12.5 Å². The van der Waals surface area contributed by atoms with Gasteiger partial charge in [0.2, 0.25) is 0 Å². The van der Waals surface area contributed by atoms with Gasteiger partial charge in [-0.1, -0.05) is 30.3 Å². The summed E-state index contributed by atoms with van der Waals surface area (Å²) in [7, 11) is -4.34. The van der Waals surface area contributed by atoms with Crippen LogP contribution in [0.2, 0.25) is 0 Å². The van der Waals surface area contributed by atoms with Gasteiger partial charge in [0.05, 0.1) is 5.75 Å². The van der Waals surface area contributed by atoms with Gasteiger partial charge in [-0.05, 0) is 18.9 Å². The third-order valence-corrected chi connectivity index (χ3v) is 3.02. The molecule has 0 aliphatic heterocycles. The number of hydrogen-bond donors (Lipinski definition) is 1. The lowest BCUT2D eigenvalue weighted by Gasteiger charge is -2.12. The zero-order chi connectivity index (χ0) is 12.0. The molecule has 0 aliphatic carbocycles. The van der Waals surface area contributed by atoms with Crippen LogP contribution in [0.25, 0.3) is 0 Å². The SMILES string of the molecule is CC(CCS(=O)(=O)F)NCc1ccccc1. The Hall–Kier alpha value is -0.940. The van der Waals surface area contributed by atoms with Gasteiger partial charge in [-0.15, -0.1) is 3.89 Å². The lowest BCUT2D eigenvalue weighted by Crippen LogP contribution is -2.27. The first-order chi connectivity index (χ1) is 7.47. The molecule has 0 aromatic heterocycles. The summed E-state index contributed by atoms with van der Waals surface area (Å²) in [6, 6.07) is 9.74. The topological polar surface area (TPSA) is 46.2 Å². The summed E-state index contributed by atoms with van der Waals surface area (Å²) in [6.07, 6.45) is 0.283. The maximum Gasteiger partial charge on any atom is 0.302 e. The second-order valence-corrected chi connectivity index (χ2v) is 5.29. The largest absolute Gasteiger partial charge is 0.310 e. The monoisotopic (exact) mass is 245 g/mol. The average molecular weight is 245 g/mol. The molecule has 0 bridgehead atoms. The molecule has 0 aliphatic rings.